The van der Waals surface area contributed by atoms with Crippen molar-refractivity contribution >= 4 is 0 Å². The summed E-state index contributed by atoms with van der Waals surface area (Å²) in [5, 5.41) is 34.6. The Morgan fingerprint density at radius 2 is 1.72 bits per heavy atom. The molecule has 182 valence electrons. The molecule has 13 atom stereocenters. The van der Waals surface area contributed by atoms with Gasteiger partial charge in [0.1, 0.15) is 5.72 Å². The fourth-order valence-corrected chi connectivity index (χ4v) is 10.6. The SMILES string of the molecule is C[C@H]1[C@H]2[C@H](C[C@H]3[C@@H]4CC[C@H]5C[C@@H](O)CC[C@]5(C)[C@H]4CC[C@]23C)O[C@@]12NC[C@@H](CO)C[C@@H]2O. The lowest BCUT2D eigenvalue weighted by atomic mass is 9.44. The van der Waals surface area contributed by atoms with E-state index in [-0.39, 0.29) is 30.7 Å². The van der Waals surface area contributed by atoms with Crippen LogP contribution in [0.25, 0.3) is 0 Å². The molecular weight excluding hydrogens is 402 g/mol. The predicted octanol–water partition coefficient (Wildman–Crippen LogP) is 3.31. The van der Waals surface area contributed by atoms with Gasteiger partial charge in [0, 0.05) is 19.1 Å². The largest absolute Gasteiger partial charge is 0.396 e. The Bertz CT molecular complexity index is 747. The Kier molecular flexibility index (Phi) is 5.15. The third-order valence-electron chi connectivity index (χ3n) is 12.3. The van der Waals surface area contributed by atoms with Gasteiger partial charge in [-0.25, -0.2) is 0 Å². The van der Waals surface area contributed by atoms with Crippen molar-refractivity contribution in [1.29, 1.82) is 0 Å². The highest BCUT2D eigenvalue weighted by Gasteiger charge is 2.70. The molecule has 1 spiro atoms. The van der Waals surface area contributed by atoms with Crippen LogP contribution >= 0.6 is 0 Å². The summed E-state index contributed by atoms with van der Waals surface area (Å²) in [5.41, 5.74) is 0.0750. The molecule has 2 heterocycles. The number of aliphatic hydroxyl groups excluding tert-OH is 3. The molecule has 0 amide bonds. The van der Waals surface area contributed by atoms with Crippen LogP contribution in [-0.4, -0.2) is 52.5 Å². The highest BCUT2D eigenvalue weighted by Crippen LogP contribution is 2.71. The molecule has 6 fully saturated rings. The van der Waals surface area contributed by atoms with Gasteiger partial charge in [-0.1, -0.05) is 20.8 Å². The molecule has 5 nitrogen and oxygen atoms in total. The summed E-state index contributed by atoms with van der Waals surface area (Å²) in [6.45, 7) is 8.30. The highest BCUT2D eigenvalue weighted by molar-refractivity contribution is 5.17. The van der Waals surface area contributed by atoms with Crippen LogP contribution in [0.2, 0.25) is 0 Å². The quantitative estimate of drug-likeness (QED) is 0.496. The Labute approximate surface area is 193 Å². The van der Waals surface area contributed by atoms with E-state index in [1.807, 2.05) is 0 Å². The smallest absolute Gasteiger partial charge is 0.148 e. The minimum atomic E-state index is -0.630. The number of fused-ring (bicyclic) bond motifs is 7. The molecule has 2 saturated heterocycles. The summed E-state index contributed by atoms with van der Waals surface area (Å²) in [6.07, 6.45) is 9.84. The van der Waals surface area contributed by atoms with Crippen LogP contribution in [0.4, 0.5) is 0 Å². The van der Waals surface area contributed by atoms with Crippen LogP contribution in [-0.2, 0) is 4.74 Å². The van der Waals surface area contributed by atoms with E-state index in [0.717, 1.165) is 43.6 Å². The van der Waals surface area contributed by atoms with Crippen LogP contribution in [0.15, 0.2) is 0 Å². The number of ether oxygens (including phenoxy) is 1. The van der Waals surface area contributed by atoms with Crippen molar-refractivity contribution in [3.8, 4) is 0 Å². The normalized spacial score (nSPS) is 61.7. The van der Waals surface area contributed by atoms with Gasteiger partial charge in [0.2, 0.25) is 0 Å². The van der Waals surface area contributed by atoms with Crippen LogP contribution in [0.1, 0.15) is 78.6 Å². The summed E-state index contributed by atoms with van der Waals surface area (Å²) in [4.78, 5) is 0. The van der Waals surface area contributed by atoms with Crippen molar-refractivity contribution in [3.05, 3.63) is 0 Å². The van der Waals surface area contributed by atoms with Crippen molar-refractivity contribution in [2.45, 2.75) is 103 Å². The number of hydrogen-bond donors (Lipinski definition) is 4. The van der Waals surface area contributed by atoms with Crippen LogP contribution < -0.4 is 5.32 Å². The van der Waals surface area contributed by atoms with E-state index in [1.54, 1.807) is 0 Å². The van der Waals surface area contributed by atoms with Crippen molar-refractivity contribution in [1.82, 2.24) is 5.32 Å². The molecular formula is C27H45NO4. The van der Waals surface area contributed by atoms with Gasteiger partial charge in [0.25, 0.3) is 0 Å². The first kappa shape index (κ1) is 22.3. The van der Waals surface area contributed by atoms with Crippen molar-refractivity contribution in [3.63, 3.8) is 0 Å². The van der Waals surface area contributed by atoms with Gasteiger partial charge in [-0.2, -0.15) is 0 Å². The van der Waals surface area contributed by atoms with Gasteiger partial charge in [-0.05, 0) is 104 Å². The van der Waals surface area contributed by atoms with Crippen LogP contribution in [0.5, 0.6) is 0 Å². The maximum absolute atomic E-state index is 11.1. The zero-order chi connectivity index (χ0) is 22.5. The van der Waals surface area contributed by atoms with E-state index in [1.165, 1.54) is 32.1 Å². The Hall–Kier alpha value is -0.200. The van der Waals surface area contributed by atoms with Gasteiger partial charge >= 0.3 is 0 Å². The van der Waals surface area contributed by atoms with Crippen LogP contribution in [0, 0.1) is 52.3 Å². The average Bonchev–Trinajstić information content (AvgIpc) is 3.22. The zero-order valence-corrected chi connectivity index (χ0v) is 20.3. The topological polar surface area (TPSA) is 82.0 Å². The maximum atomic E-state index is 11.1. The molecule has 5 heteroatoms. The third kappa shape index (κ3) is 2.81. The molecule has 6 aliphatic rings. The van der Waals surface area contributed by atoms with Crippen molar-refractivity contribution in [2.24, 2.45) is 52.3 Å². The molecule has 4 N–H and O–H groups in total. The van der Waals surface area contributed by atoms with Crippen LogP contribution in [0.3, 0.4) is 0 Å². The maximum Gasteiger partial charge on any atom is 0.148 e. The second-order valence-electron chi connectivity index (χ2n) is 13.3. The third-order valence-corrected chi connectivity index (χ3v) is 12.3. The zero-order valence-electron chi connectivity index (χ0n) is 20.3. The van der Waals surface area contributed by atoms with Crippen molar-refractivity contribution in [2.75, 3.05) is 13.2 Å². The molecule has 0 unspecified atom stereocenters. The Morgan fingerprint density at radius 3 is 2.47 bits per heavy atom. The van der Waals surface area contributed by atoms with E-state index in [0.29, 0.717) is 29.1 Å². The van der Waals surface area contributed by atoms with Gasteiger partial charge < -0.3 is 20.1 Å². The fraction of sp³-hybridized carbons (Fsp3) is 1.00. The molecule has 6 rings (SSSR count). The minimum absolute atomic E-state index is 0.0744. The minimum Gasteiger partial charge on any atom is -0.396 e. The number of hydrogen-bond acceptors (Lipinski definition) is 5. The Balaban J connectivity index is 1.25. The second kappa shape index (κ2) is 7.40. The standard InChI is InChI=1S/C27H45NO4/c1-15-24-22(32-27(15)23(31)10-16(14-29)13-28-27)12-21-19-5-4-17-11-18(30)6-8-25(17,2)20(19)7-9-26(21,24)3/h15-24,28-31H,4-14H2,1-3H3/t15-,16-,17-,18-,19+,20-,21-,22-,23-,24-,25-,26-,27-/m0/s1. The first-order valence-electron chi connectivity index (χ1n) is 13.6. The van der Waals surface area contributed by atoms with Gasteiger partial charge in [0.15, 0.2) is 0 Å². The monoisotopic (exact) mass is 447 g/mol. The summed E-state index contributed by atoms with van der Waals surface area (Å²) >= 11 is 0. The molecule has 0 aromatic carbocycles. The fourth-order valence-electron chi connectivity index (χ4n) is 10.6. The van der Waals surface area contributed by atoms with Gasteiger partial charge in [-0.3, -0.25) is 5.32 Å². The lowest BCUT2D eigenvalue weighted by Crippen LogP contribution is -2.64. The van der Waals surface area contributed by atoms with E-state index in [2.05, 4.69) is 26.1 Å². The van der Waals surface area contributed by atoms with E-state index < -0.39 is 11.8 Å². The predicted molar refractivity (Wildman–Crippen MR) is 123 cm³/mol. The van der Waals surface area contributed by atoms with E-state index in [4.69, 9.17) is 4.74 Å². The number of nitrogens with one attached hydrogen (secondary N) is 1. The molecule has 0 bridgehead atoms. The summed E-state index contributed by atoms with van der Waals surface area (Å²) in [5.74, 6) is 3.94. The second-order valence-corrected chi connectivity index (χ2v) is 13.3. The number of piperidine rings is 1. The molecule has 4 aliphatic carbocycles. The lowest BCUT2D eigenvalue weighted by molar-refractivity contribution is -0.183. The number of rotatable bonds is 1. The molecule has 4 saturated carbocycles. The summed E-state index contributed by atoms with van der Waals surface area (Å²) in [6, 6.07) is 0. The summed E-state index contributed by atoms with van der Waals surface area (Å²) in [7, 11) is 0. The van der Waals surface area contributed by atoms with Gasteiger partial charge in [0.05, 0.1) is 18.3 Å². The summed E-state index contributed by atoms with van der Waals surface area (Å²) < 4.78 is 6.84. The molecule has 32 heavy (non-hydrogen) atoms. The lowest BCUT2D eigenvalue weighted by Gasteiger charge is -2.61. The van der Waals surface area contributed by atoms with E-state index >= 15 is 0 Å². The molecule has 0 aromatic rings. The highest BCUT2D eigenvalue weighted by atomic mass is 16.5. The number of aliphatic hydroxyl groups is 3. The Morgan fingerprint density at radius 1 is 0.938 bits per heavy atom. The first-order valence-corrected chi connectivity index (χ1v) is 13.6. The average molecular weight is 448 g/mol. The van der Waals surface area contributed by atoms with Crippen molar-refractivity contribution < 1.29 is 20.1 Å². The molecule has 0 aromatic heterocycles. The first-order chi connectivity index (χ1) is 15.2. The molecule has 0 radical (unpaired) electrons. The van der Waals surface area contributed by atoms with Gasteiger partial charge in [-0.15, -0.1) is 0 Å². The molecule has 2 aliphatic heterocycles. The van der Waals surface area contributed by atoms with E-state index in [9.17, 15) is 15.3 Å².